The summed E-state index contributed by atoms with van der Waals surface area (Å²) in [5, 5.41) is 3.02. The number of hydrogen-bond donors (Lipinski definition) is 1. The van der Waals surface area contributed by atoms with Gasteiger partial charge in [0.15, 0.2) is 0 Å². The lowest BCUT2D eigenvalue weighted by atomic mass is 10.2. The second kappa shape index (κ2) is 5.05. The minimum Gasteiger partial charge on any atom is -0.385 e. The van der Waals surface area contributed by atoms with Crippen molar-refractivity contribution >= 4 is 5.69 Å². The maximum atomic E-state index is 12.2. The number of nitrogens with one attached hydrogen (secondary N) is 1. The van der Waals surface area contributed by atoms with Crippen LogP contribution in [0, 0.1) is 6.92 Å². The summed E-state index contributed by atoms with van der Waals surface area (Å²) in [6, 6.07) is 5.02. The number of alkyl halides is 3. The van der Waals surface area contributed by atoms with Gasteiger partial charge in [0.1, 0.15) is 0 Å². The van der Waals surface area contributed by atoms with Crippen LogP contribution in [0.15, 0.2) is 24.3 Å². The Morgan fingerprint density at radius 1 is 1.13 bits per heavy atom. The molecule has 0 spiro atoms. The lowest BCUT2D eigenvalue weighted by Crippen LogP contribution is -2.05. The molecule has 0 fully saturated rings. The summed E-state index contributed by atoms with van der Waals surface area (Å²) in [7, 11) is 0. The van der Waals surface area contributed by atoms with E-state index in [2.05, 4.69) is 12.2 Å². The maximum absolute atomic E-state index is 12.2. The molecule has 1 aromatic carbocycles. The monoisotopic (exact) mass is 216 g/mol. The summed E-state index contributed by atoms with van der Waals surface area (Å²) in [5.41, 5.74) is 0.0849. The van der Waals surface area contributed by atoms with Crippen LogP contribution in [0.5, 0.6) is 0 Å². The molecule has 0 saturated carbocycles. The summed E-state index contributed by atoms with van der Waals surface area (Å²) < 4.78 is 36.6. The summed E-state index contributed by atoms with van der Waals surface area (Å²) in [6.07, 6.45) is -2.54. The average Bonchev–Trinajstić information content (AvgIpc) is 2.18. The van der Waals surface area contributed by atoms with Gasteiger partial charge in [-0.3, -0.25) is 0 Å². The predicted octanol–water partition coefficient (Wildman–Crippen LogP) is 3.73. The molecule has 0 aliphatic rings. The van der Waals surface area contributed by atoms with Crippen molar-refractivity contribution in [1.82, 2.24) is 0 Å². The van der Waals surface area contributed by atoms with Crippen LogP contribution in [0.4, 0.5) is 18.9 Å². The zero-order valence-corrected chi connectivity index (χ0v) is 8.27. The van der Waals surface area contributed by atoms with Gasteiger partial charge in [0.25, 0.3) is 0 Å². The number of unbranched alkanes of at least 4 members (excludes halogenated alkanes) is 1. The van der Waals surface area contributed by atoms with Crippen molar-refractivity contribution in [2.24, 2.45) is 0 Å². The molecule has 83 valence electrons. The fraction of sp³-hybridized carbons (Fsp3) is 0.364. The SMILES string of the molecule is [CH2]CCCNc1ccc(C(F)(F)F)cc1. The van der Waals surface area contributed by atoms with Gasteiger partial charge in [-0.15, -0.1) is 0 Å². The van der Waals surface area contributed by atoms with Crippen LogP contribution >= 0.6 is 0 Å². The summed E-state index contributed by atoms with van der Waals surface area (Å²) in [5.74, 6) is 0. The molecule has 0 heterocycles. The number of anilines is 1. The van der Waals surface area contributed by atoms with Gasteiger partial charge in [-0.05, 0) is 30.7 Å². The van der Waals surface area contributed by atoms with Crippen LogP contribution in [-0.2, 0) is 6.18 Å². The van der Waals surface area contributed by atoms with Gasteiger partial charge in [0, 0.05) is 12.2 Å². The Balaban J connectivity index is 2.57. The molecule has 0 aliphatic carbocycles. The molecular formula is C11H13F3N. The Morgan fingerprint density at radius 3 is 2.20 bits per heavy atom. The number of rotatable bonds is 4. The molecule has 0 bridgehead atoms. The fourth-order valence-corrected chi connectivity index (χ4v) is 1.13. The van der Waals surface area contributed by atoms with Gasteiger partial charge in [0.05, 0.1) is 5.56 Å². The molecule has 4 heteroatoms. The predicted molar refractivity (Wildman–Crippen MR) is 54.5 cm³/mol. The van der Waals surface area contributed by atoms with Crippen molar-refractivity contribution in [2.75, 3.05) is 11.9 Å². The lowest BCUT2D eigenvalue weighted by molar-refractivity contribution is -0.137. The molecule has 0 amide bonds. The van der Waals surface area contributed by atoms with Gasteiger partial charge in [-0.2, -0.15) is 13.2 Å². The lowest BCUT2D eigenvalue weighted by Gasteiger charge is -2.08. The molecule has 0 saturated heterocycles. The topological polar surface area (TPSA) is 12.0 Å². The molecule has 1 aromatic rings. The van der Waals surface area contributed by atoms with E-state index in [0.29, 0.717) is 5.69 Å². The van der Waals surface area contributed by atoms with E-state index in [0.717, 1.165) is 31.5 Å². The summed E-state index contributed by atoms with van der Waals surface area (Å²) in [4.78, 5) is 0. The smallest absolute Gasteiger partial charge is 0.385 e. The van der Waals surface area contributed by atoms with Crippen LogP contribution in [-0.4, -0.2) is 6.54 Å². The molecule has 15 heavy (non-hydrogen) atoms. The second-order valence-corrected chi connectivity index (χ2v) is 3.21. The second-order valence-electron chi connectivity index (χ2n) is 3.21. The van der Waals surface area contributed by atoms with Crippen molar-refractivity contribution in [3.8, 4) is 0 Å². The zero-order valence-electron chi connectivity index (χ0n) is 8.27. The Hall–Kier alpha value is -1.19. The first-order chi connectivity index (χ1) is 7.04. The molecule has 0 aliphatic heterocycles. The van der Waals surface area contributed by atoms with E-state index >= 15 is 0 Å². The van der Waals surface area contributed by atoms with Crippen molar-refractivity contribution in [3.63, 3.8) is 0 Å². The number of hydrogen-bond acceptors (Lipinski definition) is 1. The number of halogens is 3. The first kappa shape index (κ1) is 11.9. The molecule has 1 N–H and O–H groups in total. The van der Waals surface area contributed by atoms with E-state index in [1.165, 1.54) is 12.1 Å². The molecule has 1 nitrogen and oxygen atoms in total. The molecular weight excluding hydrogens is 203 g/mol. The van der Waals surface area contributed by atoms with Gasteiger partial charge in [-0.1, -0.05) is 13.3 Å². The van der Waals surface area contributed by atoms with Crippen LogP contribution in [0.25, 0.3) is 0 Å². The maximum Gasteiger partial charge on any atom is 0.416 e. The van der Waals surface area contributed by atoms with Crippen molar-refractivity contribution in [2.45, 2.75) is 19.0 Å². The highest BCUT2D eigenvalue weighted by Gasteiger charge is 2.29. The van der Waals surface area contributed by atoms with Crippen molar-refractivity contribution in [3.05, 3.63) is 36.8 Å². The molecule has 0 atom stereocenters. The van der Waals surface area contributed by atoms with Gasteiger partial charge in [-0.25, -0.2) is 0 Å². The third-order valence-corrected chi connectivity index (χ3v) is 1.97. The minimum absolute atomic E-state index is 0.620. The largest absolute Gasteiger partial charge is 0.416 e. The standard InChI is InChI=1S/C11H13F3N/c1-2-3-8-15-10-6-4-9(5-7-10)11(12,13)14/h4-7,15H,1-3,8H2. The normalized spacial score (nSPS) is 11.5. The first-order valence-corrected chi connectivity index (χ1v) is 4.74. The van der Waals surface area contributed by atoms with Gasteiger partial charge < -0.3 is 5.32 Å². The Morgan fingerprint density at radius 2 is 1.73 bits per heavy atom. The average molecular weight is 216 g/mol. The molecule has 0 aromatic heterocycles. The van der Waals surface area contributed by atoms with Crippen molar-refractivity contribution < 1.29 is 13.2 Å². The Kier molecular flexibility index (Phi) is 4.00. The minimum atomic E-state index is -4.26. The third-order valence-electron chi connectivity index (χ3n) is 1.97. The molecule has 1 radical (unpaired) electrons. The Labute approximate surface area is 87.3 Å². The van der Waals surface area contributed by atoms with E-state index in [1.54, 1.807) is 0 Å². The number of benzene rings is 1. The summed E-state index contributed by atoms with van der Waals surface area (Å²) >= 11 is 0. The third kappa shape index (κ3) is 3.81. The van der Waals surface area contributed by atoms with E-state index in [4.69, 9.17) is 0 Å². The molecule has 1 rings (SSSR count). The van der Waals surface area contributed by atoms with Crippen LogP contribution in [0.1, 0.15) is 18.4 Å². The zero-order chi connectivity index (χ0) is 11.3. The molecule has 0 unspecified atom stereocenters. The van der Waals surface area contributed by atoms with Crippen molar-refractivity contribution in [1.29, 1.82) is 0 Å². The van der Waals surface area contributed by atoms with Gasteiger partial charge in [0.2, 0.25) is 0 Å². The van der Waals surface area contributed by atoms with E-state index in [-0.39, 0.29) is 0 Å². The van der Waals surface area contributed by atoms with Gasteiger partial charge >= 0.3 is 6.18 Å². The van der Waals surface area contributed by atoms with Crippen LogP contribution in [0.2, 0.25) is 0 Å². The van der Waals surface area contributed by atoms with Crippen LogP contribution in [0.3, 0.4) is 0 Å². The first-order valence-electron chi connectivity index (χ1n) is 4.74. The quantitative estimate of drug-likeness (QED) is 0.756. The van der Waals surface area contributed by atoms with Crippen LogP contribution < -0.4 is 5.32 Å². The van der Waals surface area contributed by atoms with E-state index in [1.807, 2.05) is 0 Å². The van der Waals surface area contributed by atoms with E-state index in [9.17, 15) is 13.2 Å². The Bertz CT molecular complexity index is 290. The van der Waals surface area contributed by atoms with E-state index < -0.39 is 11.7 Å². The highest BCUT2D eigenvalue weighted by atomic mass is 19.4. The fourth-order valence-electron chi connectivity index (χ4n) is 1.13. The highest BCUT2D eigenvalue weighted by Crippen LogP contribution is 2.29. The highest BCUT2D eigenvalue weighted by molar-refractivity contribution is 5.44. The summed E-state index contributed by atoms with van der Waals surface area (Å²) in [6.45, 7) is 4.41.